The lowest BCUT2D eigenvalue weighted by molar-refractivity contribution is -0.136. The smallest absolute Gasteiger partial charge is 0.260 e. The summed E-state index contributed by atoms with van der Waals surface area (Å²) in [6, 6.07) is 10.0. The molecule has 5 rings (SSSR count). The summed E-state index contributed by atoms with van der Waals surface area (Å²) in [5.74, 6) is 0.395. The molecule has 1 amide bonds. The van der Waals surface area contributed by atoms with Crippen LogP contribution in [0.1, 0.15) is 50.5 Å². The molecule has 3 fully saturated rings. The molecule has 2 N–H and O–H groups in total. The van der Waals surface area contributed by atoms with Crippen molar-refractivity contribution in [3.63, 3.8) is 0 Å². The van der Waals surface area contributed by atoms with Gasteiger partial charge in [-0.1, -0.05) is 49.1 Å². The number of aromatic nitrogens is 1. The summed E-state index contributed by atoms with van der Waals surface area (Å²) < 4.78 is 5.51. The number of amides is 1. The van der Waals surface area contributed by atoms with Crippen molar-refractivity contribution in [2.75, 3.05) is 13.2 Å². The first-order valence-electron chi connectivity index (χ1n) is 11.6. The molecule has 1 atom stereocenters. The largest absolute Gasteiger partial charge is 0.381 e. The minimum atomic E-state index is -0.905. The average molecular weight is 453 g/mol. The Morgan fingerprint density at radius 2 is 1.84 bits per heavy atom. The quantitative estimate of drug-likeness (QED) is 0.703. The molecule has 2 aromatic rings. The highest BCUT2D eigenvalue weighted by Crippen LogP contribution is 2.45. The molecule has 3 heterocycles. The van der Waals surface area contributed by atoms with Crippen LogP contribution in [0.2, 0.25) is 5.02 Å². The minimum absolute atomic E-state index is 0.0158. The van der Waals surface area contributed by atoms with Gasteiger partial charge >= 0.3 is 0 Å². The van der Waals surface area contributed by atoms with Crippen LogP contribution >= 0.6 is 11.6 Å². The molecule has 7 heteroatoms. The number of rotatable bonds is 4. The first-order chi connectivity index (χ1) is 15.6. The van der Waals surface area contributed by atoms with Crippen LogP contribution < -0.4 is 5.32 Å². The second kappa shape index (κ2) is 8.83. The highest BCUT2D eigenvalue weighted by molar-refractivity contribution is 6.30. The van der Waals surface area contributed by atoms with Gasteiger partial charge in [-0.3, -0.25) is 20.1 Å². The minimum Gasteiger partial charge on any atom is -0.381 e. The Hall–Kier alpha value is -2.44. The van der Waals surface area contributed by atoms with Crippen LogP contribution in [0.3, 0.4) is 0 Å². The number of guanidine groups is 1. The van der Waals surface area contributed by atoms with E-state index in [1.54, 1.807) is 17.3 Å². The number of nitrogens with zero attached hydrogens (tertiary/aromatic N) is 2. The maximum absolute atomic E-state index is 14.2. The Kier molecular flexibility index (Phi) is 5.91. The Balaban J connectivity index is 1.58. The summed E-state index contributed by atoms with van der Waals surface area (Å²) in [4.78, 5) is 20.1. The molecule has 1 aliphatic carbocycles. The Labute approximate surface area is 193 Å². The SMILES string of the molecule is N=C1NC(c2cccc(-c3cncc(Cl)c3)c2)(C2CCCCC2)C(=O)N1C1CCOCC1. The number of hydrogen-bond donors (Lipinski definition) is 2. The van der Waals surface area contributed by atoms with Crippen LogP contribution in [0.5, 0.6) is 0 Å². The first-order valence-corrected chi connectivity index (χ1v) is 12.0. The van der Waals surface area contributed by atoms with Gasteiger partial charge in [0.2, 0.25) is 0 Å². The number of halogens is 1. The van der Waals surface area contributed by atoms with Gasteiger partial charge in [0.15, 0.2) is 5.96 Å². The third kappa shape index (κ3) is 3.69. The van der Waals surface area contributed by atoms with E-state index in [9.17, 15) is 4.79 Å². The van der Waals surface area contributed by atoms with Crippen LogP contribution in [0.4, 0.5) is 0 Å². The van der Waals surface area contributed by atoms with Crippen molar-refractivity contribution in [2.45, 2.75) is 56.5 Å². The normalized spacial score (nSPS) is 25.2. The highest BCUT2D eigenvalue weighted by atomic mass is 35.5. The molecule has 3 aliphatic rings. The molecule has 2 saturated heterocycles. The summed E-state index contributed by atoms with van der Waals surface area (Å²) in [6.07, 6.45) is 10.3. The van der Waals surface area contributed by atoms with Crippen molar-refractivity contribution < 1.29 is 9.53 Å². The second-order valence-corrected chi connectivity index (χ2v) is 9.54. The van der Waals surface area contributed by atoms with E-state index in [2.05, 4.69) is 16.4 Å². The molecule has 1 aromatic heterocycles. The van der Waals surface area contributed by atoms with Gasteiger partial charge in [0.05, 0.1) is 5.02 Å². The van der Waals surface area contributed by atoms with E-state index in [0.29, 0.717) is 18.2 Å². The number of nitrogens with one attached hydrogen (secondary N) is 2. The van der Waals surface area contributed by atoms with E-state index in [1.165, 1.54) is 6.42 Å². The van der Waals surface area contributed by atoms with Gasteiger partial charge in [-0.2, -0.15) is 0 Å². The third-order valence-corrected chi connectivity index (χ3v) is 7.45. The number of carbonyl (C=O) groups excluding carboxylic acids is 1. The van der Waals surface area contributed by atoms with Crippen molar-refractivity contribution in [1.82, 2.24) is 15.2 Å². The Morgan fingerprint density at radius 3 is 2.59 bits per heavy atom. The van der Waals surface area contributed by atoms with Crippen molar-refractivity contribution in [2.24, 2.45) is 5.92 Å². The molecule has 32 heavy (non-hydrogen) atoms. The topological polar surface area (TPSA) is 78.3 Å². The lowest BCUT2D eigenvalue weighted by atomic mass is 9.70. The van der Waals surface area contributed by atoms with Gasteiger partial charge in [0, 0.05) is 37.2 Å². The van der Waals surface area contributed by atoms with E-state index >= 15 is 0 Å². The molecule has 168 valence electrons. The molecular weight excluding hydrogens is 424 g/mol. The predicted octanol–water partition coefficient (Wildman–Crippen LogP) is 4.72. The summed E-state index contributed by atoms with van der Waals surface area (Å²) in [5, 5.41) is 12.8. The first kappa shape index (κ1) is 21.4. The van der Waals surface area contributed by atoms with Gasteiger partial charge in [-0.15, -0.1) is 0 Å². The predicted molar refractivity (Wildman–Crippen MR) is 124 cm³/mol. The molecule has 1 unspecified atom stereocenters. The average Bonchev–Trinajstić information content (AvgIpc) is 3.11. The van der Waals surface area contributed by atoms with Crippen molar-refractivity contribution in [3.8, 4) is 11.1 Å². The van der Waals surface area contributed by atoms with E-state index in [0.717, 1.165) is 55.2 Å². The summed E-state index contributed by atoms with van der Waals surface area (Å²) in [6.45, 7) is 1.27. The van der Waals surface area contributed by atoms with Gasteiger partial charge in [0.1, 0.15) is 5.54 Å². The van der Waals surface area contributed by atoms with Gasteiger partial charge in [0.25, 0.3) is 5.91 Å². The molecule has 0 radical (unpaired) electrons. The number of carbonyl (C=O) groups is 1. The van der Waals surface area contributed by atoms with Crippen molar-refractivity contribution in [3.05, 3.63) is 53.3 Å². The van der Waals surface area contributed by atoms with Crippen LogP contribution in [0, 0.1) is 11.3 Å². The Morgan fingerprint density at radius 1 is 1.06 bits per heavy atom. The zero-order valence-corrected chi connectivity index (χ0v) is 18.9. The summed E-state index contributed by atoms with van der Waals surface area (Å²) in [7, 11) is 0. The zero-order chi connectivity index (χ0) is 22.1. The molecular formula is C25H29ClN4O2. The molecule has 2 aliphatic heterocycles. The maximum Gasteiger partial charge on any atom is 0.260 e. The van der Waals surface area contributed by atoms with Gasteiger partial charge in [-0.05, 0) is 54.9 Å². The summed E-state index contributed by atoms with van der Waals surface area (Å²) >= 11 is 6.18. The standard InChI is InChI=1S/C25H29ClN4O2/c26-21-14-18(15-28-16-21)17-5-4-8-20(13-17)25(19-6-2-1-3-7-19)23(31)30(24(27)29-25)22-9-11-32-12-10-22/h4-5,8,13-16,19,22H,1-3,6-7,9-12H2,(H2,27,29). The molecule has 1 aromatic carbocycles. The monoisotopic (exact) mass is 452 g/mol. The molecule has 1 saturated carbocycles. The lowest BCUT2D eigenvalue weighted by Crippen LogP contribution is -2.52. The van der Waals surface area contributed by atoms with Crippen molar-refractivity contribution in [1.29, 1.82) is 5.41 Å². The van der Waals surface area contributed by atoms with E-state index < -0.39 is 5.54 Å². The highest BCUT2D eigenvalue weighted by Gasteiger charge is 2.56. The van der Waals surface area contributed by atoms with E-state index in [-0.39, 0.29) is 23.8 Å². The fourth-order valence-electron chi connectivity index (χ4n) is 5.64. The van der Waals surface area contributed by atoms with Gasteiger partial charge < -0.3 is 10.1 Å². The maximum atomic E-state index is 14.2. The number of hydrogen-bond acceptors (Lipinski definition) is 4. The molecule has 6 nitrogen and oxygen atoms in total. The number of ether oxygens (including phenoxy) is 1. The fraction of sp³-hybridized carbons (Fsp3) is 0.480. The second-order valence-electron chi connectivity index (χ2n) is 9.11. The van der Waals surface area contributed by atoms with E-state index in [4.69, 9.17) is 21.7 Å². The fourth-order valence-corrected chi connectivity index (χ4v) is 5.82. The molecule has 0 bridgehead atoms. The lowest BCUT2D eigenvalue weighted by Gasteiger charge is -2.39. The van der Waals surface area contributed by atoms with Crippen LogP contribution in [-0.2, 0) is 15.1 Å². The number of pyridine rings is 1. The Bertz CT molecular complexity index is 1020. The van der Waals surface area contributed by atoms with Crippen LogP contribution in [0.15, 0.2) is 42.7 Å². The summed E-state index contributed by atoms with van der Waals surface area (Å²) in [5.41, 5.74) is 1.90. The van der Waals surface area contributed by atoms with Crippen LogP contribution in [0.25, 0.3) is 11.1 Å². The number of benzene rings is 1. The van der Waals surface area contributed by atoms with Gasteiger partial charge in [-0.25, -0.2) is 0 Å². The van der Waals surface area contributed by atoms with Crippen LogP contribution in [-0.4, -0.2) is 41.0 Å². The molecule has 0 spiro atoms. The third-order valence-electron chi connectivity index (χ3n) is 7.24. The van der Waals surface area contributed by atoms with E-state index in [1.807, 2.05) is 24.3 Å². The van der Waals surface area contributed by atoms with Crippen molar-refractivity contribution >= 4 is 23.5 Å². The zero-order valence-electron chi connectivity index (χ0n) is 18.1.